The maximum Gasteiger partial charge on any atom is 0.443 e. The van der Waals surface area contributed by atoms with Crippen molar-refractivity contribution in [1.29, 1.82) is 0 Å². The van der Waals surface area contributed by atoms with Gasteiger partial charge in [-0.1, -0.05) is 24.3 Å². The van der Waals surface area contributed by atoms with Gasteiger partial charge < -0.3 is 5.11 Å². The van der Waals surface area contributed by atoms with Crippen LogP contribution in [0.5, 0.6) is 0 Å². The topological polar surface area (TPSA) is 33.1 Å². The first-order valence-electron chi connectivity index (χ1n) is 6.26. The smallest absolute Gasteiger partial charge is 0.383 e. The SMILES string of the molecule is OC(c1ccc(C2CC2)cc1)c1cnc(C(F)(F)F)s1. The number of hydrogen-bond donors (Lipinski definition) is 1. The van der Waals surface area contributed by atoms with Gasteiger partial charge in [-0.15, -0.1) is 11.3 Å². The third kappa shape index (κ3) is 2.71. The van der Waals surface area contributed by atoms with E-state index in [-0.39, 0.29) is 4.88 Å². The van der Waals surface area contributed by atoms with E-state index in [0.29, 0.717) is 22.8 Å². The molecule has 3 rings (SSSR count). The third-order valence-corrected chi connectivity index (χ3v) is 4.43. The molecular formula is C14H12F3NOS. The number of nitrogens with zero attached hydrogens (tertiary/aromatic N) is 1. The van der Waals surface area contributed by atoms with E-state index in [0.717, 1.165) is 6.20 Å². The van der Waals surface area contributed by atoms with Crippen LogP contribution in [-0.2, 0) is 6.18 Å². The molecule has 2 nitrogen and oxygen atoms in total. The Morgan fingerprint density at radius 1 is 1.20 bits per heavy atom. The van der Waals surface area contributed by atoms with Crippen molar-refractivity contribution in [3.05, 3.63) is 51.5 Å². The molecule has 0 saturated heterocycles. The number of aliphatic hydroxyl groups excluding tert-OH is 1. The van der Waals surface area contributed by atoms with E-state index >= 15 is 0 Å². The van der Waals surface area contributed by atoms with E-state index in [1.807, 2.05) is 12.1 Å². The molecule has 6 heteroatoms. The molecule has 1 aromatic carbocycles. The fraction of sp³-hybridized carbons (Fsp3) is 0.357. The molecular weight excluding hydrogens is 287 g/mol. The monoisotopic (exact) mass is 299 g/mol. The molecule has 1 saturated carbocycles. The van der Waals surface area contributed by atoms with Gasteiger partial charge in [0.05, 0.1) is 4.88 Å². The number of halogens is 3. The number of rotatable bonds is 3. The summed E-state index contributed by atoms with van der Waals surface area (Å²) in [4.78, 5) is 3.53. The predicted octanol–water partition coefficient (Wildman–Crippen LogP) is 4.12. The zero-order valence-corrected chi connectivity index (χ0v) is 11.2. The van der Waals surface area contributed by atoms with Crippen molar-refractivity contribution >= 4 is 11.3 Å². The molecule has 1 atom stereocenters. The highest BCUT2D eigenvalue weighted by Gasteiger charge is 2.35. The molecule has 1 aromatic heterocycles. The third-order valence-electron chi connectivity index (χ3n) is 3.34. The van der Waals surface area contributed by atoms with Crippen LogP contribution in [0.15, 0.2) is 30.5 Å². The van der Waals surface area contributed by atoms with Gasteiger partial charge in [-0.3, -0.25) is 0 Å². The molecule has 1 unspecified atom stereocenters. The lowest BCUT2D eigenvalue weighted by molar-refractivity contribution is -0.137. The van der Waals surface area contributed by atoms with Gasteiger partial charge in [0, 0.05) is 6.20 Å². The van der Waals surface area contributed by atoms with Crippen molar-refractivity contribution in [3.63, 3.8) is 0 Å². The van der Waals surface area contributed by atoms with Crippen LogP contribution in [0.25, 0.3) is 0 Å². The highest BCUT2D eigenvalue weighted by Crippen LogP contribution is 2.41. The first-order chi connectivity index (χ1) is 9.45. The van der Waals surface area contributed by atoms with Crippen LogP contribution in [0.4, 0.5) is 13.2 Å². The summed E-state index contributed by atoms with van der Waals surface area (Å²) in [6.45, 7) is 0. The average molecular weight is 299 g/mol. The highest BCUT2D eigenvalue weighted by molar-refractivity contribution is 7.11. The Labute approximate surface area is 117 Å². The van der Waals surface area contributed by atoms with E-state index in [1.54, 1.807) is 12.1 Å². The Hall–Kier alpha value is -1.40. The van der Waals surface area contributed by atoms with Crippen molar-refractivity contribution < 1.29 is 18.3 Å². The second-order valence-electron chi connectivity index (χ2n) is 4.91. The van der Waals surface area contributed by atoms with Gasteiger partial charge in [0.2, 0.25) is 0 Å². The molecule has 2 aromatic rings. The number of hydrogen-bond acceptors (Lipinski definition) is 3. The number of thiazole rings is 1. The molecule has 1 aliphatic carbocycles. The molecule has 1 aliphatic rings. The van der Waals surface area contributed by atoms with Gasteiger partial charge in [-0.2, -0.15) is 13.2 Å². The van der Waals surface area contributed by atoms with Crippen molar-refractivity contribution in [2.24, 2.45) is 0 Å². The van der Waals surface area contributed by atoms with Gasteiger partial charge in [-0.25, -0.2) is 4.98 Å². The van der Waals surface area contributed by atoms with E-state index in [2.05, 4.69) is 4.98 Å². The summed E-state index contributed by atoms with van der Waals surface area (Å²) in [5, 5.41) is 9.19. The van der Waals surface area contributed by atoms with Gasteiger partial charge >= 0.3 is 6.18 Å². The zero-order chi connectivity index (χ0) is 14.3. The summed E-state index contributed by atoms with van der Waals surface area (Å²) in [7, 11) is 0. The first-order valence-corrected chi connectivity index (χ1v) is 7.07. The number of aromatic nitrogens is 1. The summed E-state index contributed by atoms with van der Waals surface area (Å²) >= 11 is 0.479. The highest BCUT2D eigenvalue weighted by atomic mass is 32.1. The molecule has 0 amide bonds. The fourth-order valence-corrected chi connectivity index (χ4v) is 2.87. The average Bonchev–Trinajstić information content (AvgIpc) is 3.13. The van der Waals surface area contributed by atoms with Gasteiger partial charge in [-0.05, 0) is 29.9 Å². The Kier molecular flexibility index (Phi) is 3.30. The van der Waals surface area contributed by atoms with Crippen molar-refractivity contribution in [2.75, 3.05) is 0 Å². The van der Waals surface area contributed by atoms with Gasteiger partial charge in [0.15, 0.2) is 5.01 Å². The number of alkyl halides is 3. The summed E-state index contributed by atoms with van der Waals surface area (Å²) in [6.07, 6.45) is -2.06. The molecule has 0 aliphatic heterocycles. The number of aliphatic hydroxyl groups is 1. The molecule has 106 valence electrons. The van der Waals surface area contributed by atoms with Crippen LogP contribution in [0.3, 0.4) is 0 Å². The zero-order valence-electron chi connectivity index (χ0n) is 10.4. The molecule has 20 heavy (non-hydrogen) atoms. The lowest BCUT2D eigenvalue weighted by atomic mass is 10.0. The first kappa shape index (κ1) is 13.6. The summed E-state index contributed by atoms with van der Waals surface area (Å²) < 4.78 is 37.4. The Morgan fingerprint density at radius 2 is 1.85 bits per heavy atom. The Morgan fingerprint density at radius 3 is 2.35 bits per heavy atom. The van der Waals surface area contributed by atoms with Crippen LogP contribution in [0.1, 0.15) is 45.9 Å². The van der Waals surface area contributed by atoms with E-state index in [1.165, 1.54) is 18.4 Å². The van der Waals surface area contributed by atoms with E-state index < -0.39 is 17.3 Å². The van der Waals surface area contributed by atoms with E-state index in [4.69, 9.17) is 0 Å². The summed E-state index contributed by atoms with van der Waals surface area (Å²) in [5.41, 5.74) is 1.81. The molecule has 1 N–H and O–H groups in total. The second-order valence-corrected chi connectivity index (χ2v) is 5.97. The van der Waals surface area contributed by atoms with Gasteiger partial charge in [0.25, 0.3) is 0 Å². The largest absolute Gasteiger partial charge is 0.443 e. The van der Waals surface area contributed by atoms with Crippen molar-refractivity contribution in [3.8, 4) is 0 Å². The standard InChI is InChI=1S/C14H12F3NOS/c15-14(16,17)13-18-7-11(20-13)12(19)10-5-3-9(4-6-10)8-1-2-8/h3-8,12,19H,1-2H2. The van der Waals surface area contributed by atoms with Crippen molar-refractivity contribution in [1.82, 2.24) is 4.98 Å². The Balaban J connectivity index is 1.80. The minimum atomic E-state index is -4.46. The molecule has 0 bridgehead atoms. The van der Waals surface area contributed by atoms with Crippen LogP contribution in [0.2, 0.25) is 0 Å². The summed E-state index contributed by atoms with van der Waals surface area (Å²) in [5.74, 6) is 0.612. The maximum atomic E-state index is 12.5. The lowest BCUT2D eigenvalue weighted by Crippen LogP contribution is -2.03. The molecule has 0 radical (unpaired) electrons. The van der Waals surface area contributed by atoms with Crippen LogP contribution in [0, 0.1) is 0 Å². The molecule has 1 fully saturated rings. The van der Waals surface area contributed by atoms with Gasteiger partial charge in [0.1, 0.15) is 6.10 Å². The predicted molar refractivity (Wildman–Crippen MR) is 69.6 cm³/mol. The second kappa shape index (κ2) is 4.86. The van der Waals surface area contributed by atoms with Crippen molar-refractivity contribution in [2.45, 2.75) is 31.0 Å². The number of benzene rings is 1. The quantitative estimate of drug-likeness (QED) is 0.924. The fourth-order valence-electron chi connectivity index (χ4n) is 2.08. The van der Waals surface area contributed by atoms with Crippen LogP contribution < -0.4 is 0 Å². The Bertz CT molecular complexity index is 602. The lowest BCUT2D eigenvalue weighted by Gasteiger charge is -2.09. The molecule has 0 spiro atoms. The molecule has 1 heterocycles. The maximum absolute atomic E-state index is 12.5. The minimum absolute atomic E-state index is 0.205. The van der Waals surface area contributed by atoms with E-state index in [9.17, 15) is 18.3 Å². The normalized spacial score (nSPS) is 17.2. The van der Waals surface area contributed by atoms with Crippen LogP contribution >= 0.6 is 11.3 Å². The van der Waals surface area contributed by atoms with Crippen LogP contribution in [-0.4, -0.2) is 10.1 Å². The minimum Gasteiger partial charge on any atom is -0.383 e. The summed E-state index contributed by atoms with van der Waals surface area (Å²) in [6, 6.07) is 7.40.